The standard InChI is InChI=1S/C16H14ClN3O2/c1-3-20-15(21)13(11(2)14(10-18)16(20)22)5-4-12-6-8-19(17)9-7-12/h4-9H,3H2,1-2H3/b13-5-. The van der Waals surface area contributed by atoms with E-state index in [2.05, 4.69) is 0 Å². The second kappa shape index (κ2) is 6.46. The molecule has 2 amide bonds. The third-order valence-electron chi connectivity index (χ3n) is 3.40. The molecule has 2 rings (SSSR count). The maximum absolute atomic E-state index is 12.4. The Morgan fingerprint density at radius 2 is 1.86 bits per heavy atom. The molecule has 0 fully saturated rings. The van der Waals surface area contributed by atoms with E-state index in [4.69, 9.17) is 17.0 Å². The van der Waals surface area contributed by atoms with Gasteiger partial charge in [-0.25, -0.2) is 0 Å². The Hall–Kier alpha value is -2.58. The predicted molar refractivity (Wildman–Crippen MR) is 82.8 cm³/mol. The zero-order valence-corrected chi connectivity index (χ0v) is 13.0. The van der Waals surface area contributed by atoms with E-state index in [1.165, 1.54) is 4.42 Å². The lowest BCUT2D eigenvalue weighted by atomic mass is 9.94. The number of likely N-dealkylation sites (N-methyl/N-ethyl adjacent to an activating group) is 1. The topological polar surface area (TPSA) is 64.4 Å². The van der Waals surface area contributed by atoms with Gasteiger partial charge < -0.3 is 0 Å². The van der Waals surface area contributed by atoms with E-state index >= 15 is 0 Å². The van der Waals surface area contributed by atoms with Crippen LogP contribution in [-0.2, 0) is 9.59 Å². The molecule has 0 radical (unpaired) electrons. The van der Waals surface area contributed by atoms with Crippen molar-refractivity contribution >= 4 is 23.6 Å². The molecule has 2 aliphatic heterocycles. The lowest BCUT2D eigenvalue weighted by Crippen LogP contribution is -2.42. The van der Waals surface area contributed by atoms with Crippen LogP contribution in [0.4, 0.5) is 0 Å². The molecule has 0 aliphatic carbocycles. The average molecular weight is 316 g/mol. The molecule has 0 aromatic rings. The minimum atomic E-state index is -0.535. The van der Waals surface area contributed by atoms with Gasteiger partial charge in [0.05, 0.1) is 0 Å². The first-order valence-corrected chi connectivity index (χ1v) is 7.03. The maximum atomic E-state index is 12.4. The lowest BCUT2D eigenvalue weighted by molar-refractivity contribution is -0.140. The molecule has 22 heavy (non-hydrogen) atoms. The molecule has 0 spiro atoms. The molecule has 2 aliphatic rings. The molecule has 0 saturated heterocycles. The van der Waals surface area contributed by atoms with Gasteiger partial charge in [0.15, 0.2) is 0 Å². The summed E-state index contributed by atoms with van der Waals surface area (Å²) in [5.74, 6) is -0.920. The zero-order valence-electron chi connectivity index (χ0n) is 12.2. The number of nitriles is 1. The van der Waals surface area contributed by atoms with Crippen molar-refractivity contribution in [1.29, 1.82) is 5.26 Å². The molecule has 0 aromatic heterocycles. The number of imide groups is 1. The van der Waals surface area contributed by atoms with Crippen LogP contribution in [-0.4, -0.2) is 27.7 Å². The van der Waals surface area contributed by atoms with Crippen LogP contribution in [0.1, 0.15) is 13.8 Å². The largest absolute Gasteiger partial charge is 0.274 e. The van der Waals surface area contributed by atoms with Crippen molar-refractivity contribution in [2.24, 2.45) is 0 Å². The van der Waals surface area contributed by atoms with Gasteiger partial charge in [-0.1, -0.05) is 6.08 Å². The van der Waals surface area contributed by atoms with E-state index < -0.39 is 5.91 Å². The van der Waals surface area contributed by atoms with Crippen LogP contribution in [0.5, 0.6) is 0 Å². The second-order valence-corrected chi connectivity index (χ2v) is 5.08. The molecule has 0 bridgehead atoms. The van der Waals surface area contributed by atoms with Crippen molar-refractivity contribution in [3.63, 3.8) is 0 Å². The van der Waals surface area contributed by atoms with E-state index in [9.17, 15) is 9.59 Å². The number of carbonyl (C=O) groups is 2. The summed E-state index contributed by atoms with van der Waals surface area (Å²) in [4.78, 5) is 25.5. The molecule has 0 aromatic carbocycles. The van der Waals surface area contributed by atoms with Crippen molar-refractivity contribution < 1.29 is 9.59 Å². The minimum Gasteiger partial charge on any atom is -0.274 e. The zero-order chi connectivity index (χ0) is 16.3. The van der Waals surface area contributed by atoms with Gasteiger partial charge in [0.1, 0.15) is 11.6 Å². The normalized spacial score (nSPS) is 20.1. The summed E-state index contributed by atoms with van der Waals surface area (Å²) in [6, 6.07) is 1.88. The Labute approximate surface area is 133 Å². The number of carbonyl (C=O) groups excluding carboxylic acids is 2. The van der Waals surface area contributed by atoms with Gasteiger partial charge >= 0.3 is 0 Å². The SMILES string of the molecule is CCN1C(=O)C(C#N)=C(C)/C(=C/C=C2C=CN(Cl)C=C2)C1=O. The van der Waals surface area contributed by atoms with Gasteiger partial charge in [0.25, 0.3) is 11.8 Å². The molecule has 0 saturated carbocycles. The van der Waals surface area contributed by atoms with E-state index in [-0.39, 0.29) is 18.0 Å². The van der Waals surface area contributed by atoms with Crippen LogP contribution in [0.15, 0.2) is 59.0 Å². The van der Waals surface area contributed by atoms with Crippen LogP contribution in [0.3, 0.4) is 0 Å². The van der Waals surface area contributed by atoms with Crippen LogP contribution in [0, 0.1) is 11.3 Å². The molecule has 2 heterocycles. The van der Waals surface area contributed by atoms with Gasteiger partial charge in [-0.3, -0.25) is 18.9 Å². The lowest BCUT2D eigenvalue weighted by Gasteiger charge is -2.26. The first-order valence-electron chi connectivity index (χ1n) is 6.69. The van der Waals surface area contributed by atoms with Crippen molar-refractivity contribution in [3.8, 4) is 6.07 Å². The van der Waals surface area contributed by atoms with Crippen molar-refractivity contribution in [2.45, 2.75) is 13.8 Å². The van der Waals surface area contributed by atoms with Crippen LogP contribution in [0.2, 0.25) is 0 Å². The van der Waals surface area contributed by atoms with Gasteiger partial charge in [-0.05, 0) is 43.2 Å². The summed E-state index contributed by atoms with van der Waals surface area (Å²) in [7, 11) is 0. The first kappa shape index (κ1) is 15.8. The van der Waals surface area contributed by atoms with Gasteiger partial charge in [0, 0.05) is 36.3 Å². The van der Waals surface area contributed by atoms with Crippen LogP contribution >= 0.6 is 11.8 Å². The number of allylic oxidation sites excluding steroid dienone is 5. The Balaban J connectivity index is 2.45. The Kier molecular flexibility index (Phi) is 4.64. The van der Waals surface area contributed by atoms with Gasteiger partial charge in [-0.2, -0.15) is 5.26 Å². The fraction of sp³-hybridized carbons (Fsp3) is 0.188. The smallest absolute Gasteiger partial charge is 0.271 e. The number of hydrogen-bond acceptors (Lipinski definition) is 4. The fourth-order valence-electron chi connectivity index (χ4n) is 2.15. The minimum absolute atomic E-state index is 0.00719. The van der Waals surface area contributed by atoms with E-state index in [1.54, 1.807) is 50.6 Å². The molecule has 5 nitrogen and oxygen atoms in total. The number of rotatable bonds is 2. The predicted octanol–water partition coefficient (Wildman–Crippen LogP) is 2.56. The van der Waals surface area contributed by atoms with Gasteiger partial charge in [-0.15, -0.1) is 0 Å². The Bertz CT molecular complexity index is 704. The number of nitrogens with zero attached hydrogens (tertiary/aromatic N) is 3. The summed E-state index contributed by atoms with van der Waals surface area (Å²) >= 11 is 5.74. The van der Waals surface area contributed by atoms with E-state index in [1.807, 2.05) is 6.07 Å². The van der Waals surface area contributed by atoms with E-state index in [0.29, 0.717) is 11.1 Å². The molecule has 0 unspecified atom stereocenters. The third kappa shape index (κ3) is 2.87. The molecule has 112 valence electrons. The second-order valence-electron chi connectivity index (χ2n) is 4.69. The Morgan fingerprint density at radius 1 is 1.23 bits per heavy atom. The highest BCUT2D eigenvalue weighted by Crippen LogP contribution is 2.25. The summed E-state index contributed by atoms with van der Waals surface area (Å²) in [6.45, 7) is 3.53. The number of hydrogen-bond donors (Lipinski definition) is 0. The summed E-state index contributed by atoms with van der Waals surface area (Å²) < 4.78 is 1.38. The highest BCUT2D eigenvalue weighted by molar-refractivity contribution is 6.18. The van der Waals surface area contributed by atoms with Crippen LogP contribution < -0.4 is 0 Å². The third-order valence-corrected chi connectivity index (χ3v) is 3.63. The van der Waals surface area contributed by atoms with Crippen molar-refractivity contribution in [2.75, 3.05) is 6.54 Å². The Morgan fingerprint density at radius 3 is 2.41 bits per heavy atom. The summed E-state index contributed by atoms with van der Waals surface area (Å²) in [5, 5.41) is 9.14. The highest BCUT2D eigenvalue weighted by Gasteiger charge is 2.33. The summed E-state index contributed by atoms with van der Waals surface area (Å²) in [6.07, 6.45) is 10.3. The van der Waals surface area contributed by atoms with Crippen LogP contribution in [0.25, 0.3) is 0 Å². The monoisotopic (exact) mass is 315 g/mol. The average Bonchev–Trinajstić information content (AvgIpc) is 2.50. The molecule has 0 N–H and O–H groups in total. The van der Waals surface area contributed by atoms with Crippen molar-refractivity contribution in [3.05, 3.63) is 59.0 Å². The molecular formula is C16H14ClN3O2. The fourth-order valence-corrected chi connectivity index (χ4v) is 2.27. The number of halogens is 1. The number of amides is 2. The summed E-state index contributed by atoms with van der Waals surface area (Å²) in [5.41, 5.74) is 1.61. The highest BCUT2D eigenvalue weighted by atomic mass is 35.5. The molecule has 6 heteroatoms. The van der Waals surface area contributed by atoms with Crippen molar-refractivity contribution in [1.82, 2.24) is 9.32 Å². The van der Waals surface area contributed by atoms with Gasteiger partial charge in [0.2, 0.25) is 0 Å². The molecule has 0 atom stereocenters. The maximum Gasteiger partial charge on any atom is 0.271 e. The van der Waals surface area contributed by atoms with E-state index in [0.717, 1.165) is 10.5 Å². The first-order chi connectivity index (χ1) is 10.5. The quantitative estimate of drug-likeness (QED) is 0.446. The molecular weight excluding hydrogens is 302 g/mol.